The van der Waals surface area contributed by atoms with E-state index in [1.54, 1.807) is 0 Å². The Labute approximate surface area is 92.2 Å². The zero-order valence-corrected chi connectivity index (χ0v) is 10.0. The Morgan fingerprint density at radius 1 is 1.47 bits per heavy atom. The molecule has 2 aliphatic rings. The molecule has 0 bridgehead atoms. The first-order valence-corrected chi connectivity index (χ1v) is 6.04. The number of rotatable bonds is 1. The molecule has 86 valence electrons. The first-order chi connectivity index (χ1) is 6.99. The van der Waals surface area contributed by atoms with Crippen molar-refractivity contribution < 1.29 is 4.79 Å². The molecule has 2 fully saturated rings. The number of amides is 2. The van der Waals surface area contributed by atoms with Gasteiger partial charge in [0.05, 0.1) is 0 Å². The van der Waals surface area contributed by atoms with E-state index in [9.17, 15) is 4.79 Å². The normalized spacial score (nSPS) is 33.7. The van der Waals surface area contributed by atoms with E-state index < -0.39 is 0 Å². The Bertz CT molecular complexity index is 262. The summed E-state index contributed by atoms with van der Waals surface area (Å²) in [5.74, 6) is 0.664. The van der Waals surface area contributed by atoms with Crippen LogP contribution < -0.4 is 5.32 Å². The molecule has 1 saturated carbocycles. The van der Waals surface area contributed by atoms with E-state index in [-0.39, 0.29) is 6.03 Å². The zero-order valence-electron chi connectivity index (χ0n) is 10.0. The van der Waals surface area contributed by atoms with Gasteiger partial charge in [-0.25, -0.2) is 4.79 Å². The Hall–Kier alpha value is -0.730. The van der Waals surface area contributed by atoms with Crippen LogP contribution in [-0.4, -0.2) is 30.1 Å². The Balaban J connectivity index is 1.81. The average molecular weight is 210 g/mol. The number of carbonyl (C=O) groups is 1. The summed E-state index contributed by atoms with van der Waals surface area (Å²) in [6.07, 6.45) is 3.55. The van der Waals surface area contributed by atoms with Gasteiger partial charge in [-0.2, -0.15) is 0 Å². The van der Waals surface area contributed by atoms with Crippen molar-refractivity contribution in [3.05, 3.63) is 0 Å². The van der Waals surface area contributed by atoms with Gasteiger partial charge in [0.25, 0.3) is 0 Å². The molecule has 1 N–H and O–H groups in total. The fourth-order valence-corrected chi connectivity index (χ4v) is 2.33. The van der Waals surface area contributed by atoms with Crippen LogP contribution in [0.4, 0.5) is 4.79 Å². The van der Waals surface area contributed by atoms with Crippen molar-refractivity contribution in [1.29, 1.82) is 0 Å². The van der Waals surface area contributed by atoms with Gasteiger partial charge in [0.15, 0.2) is 0 Å². The molecule has 0 aromatic heterocycles. The standard InChI is InChI=1S/C12H22N2O/c1-9-5-4-6-14(8-9)11(15)13-10-7-12(10,2)3/h9-10H,4-8H2,1-3H3,(H,13,15). The quantitative estimate of drug-likeness (QED) is 0.707. The zero-order chi connectivity index (χ0) is 11.1. The lowest BCUT2D eigenvalue weighted by Crippen LogP contribution is -2.46. The highest BCUT2D eigenvalue weighted by molar-refractivity contribution is 5.75. The van der Waals surface area contributed by atoms with E-state index in [0.717, 1.165) is 25.9 Å². The summed E-state index contributed by atoms with van der Waals surface area (Å²) in [7, 11) is 0. The highest BCUT2D eigenvalue weighted by Crippen LogP contribution is 2.44. The largest absolute Gasteiger partial charge is 0.335 e. The average Bonchev–Trinajstić information content (AvgIpc) is 2.73. The van der Waals surface area contributed by atoms with Crippen LogP contribution >= 0.6 is 0 Å². The lowest BCUT2D eigenvalue weighted by molar-refractivity contribution is 0.168. The SMILES string of the molecule is CC1CCCN(C(=O)NC2CC2(C)C)C1. The number of nitrogens with one attached hydrogen (secondary N) is 1. The Kier molecular flexibility index (Phi) is 2.65. The molecule has 1 saturated heterocycles. The topological polar surface area (TPSA) is 32.3 Å². The predicted octanol–water partition coefficient (Wildman–Crippen LogP) is 2.23. The van der Waals surface area contributed by atoms with Crippen LogP contribution in [0, 0.1) is 11.3 Å². The summed E-state index contributed by atoms with van der Waals surface area (Å²) in [6.45, 7) is 8.50. The van der Waals surface area contributed by atoms with E-state index >= 15 is 0 Å². The van der Waals surface area contributed by atoms with Gasteiger partial charge in [-0.1, -0.05) is 20.8 Å². The summed E-state index contributed by atoms with van der Waals surface area (Å²) in [4.78, 5) is 13.9. The second-order valence-corrected chi connectivity index (χ2v) is 5.89. The second-order valence-electron chi connectivity index (χ2n) is 5.89. The van der Waals surface area contributed by atoms with Crippen molar-refractivity contribution in [1.82, 2.24) is 10.2 Å². The van der Waals surface area contributed by atoms with Crippen molar-refractivity contribution in [3.8, 4) is 0 Å². The van der Waals surface area contributed by atoms with Gasteiger partial charge in [-0.15, -0.1) is 0 Å². The first-order valence-electron chi connectivity index (χ1n) is 6.04. The minimum Gasteiger partial charge on any atom is -0.335 e. The van der Waals surface area contributed by atoms with Crippen LogP contribution in [-0.2, 0) is 0 Å². The third-order valence-electron chi connectivity index (χ3n) is 3.76. The number of carbonyl (C=O) groups excluding carboxylic acids is 1. The minimum atomic E-state index is 0.150. The number of likely N-dealkylation sites (tertiary alicyclic amines) is 1. The van der Waals surface area contributed by atoms with Crippen LogP contribution in [0.15, 0.2) is 0 Å². The van der Waals surface area contributed by atoms with E-state index in [1.165, 1.54) is 6.42 Å². The van der Waals surface area contributed by atoms with Gasteiger partial charge in [0, 0.05) is 19.1 Å². The minimum absolute atomic E-state index is 0.150. The van der Waals surface area contributed by atoms with Crippen molar-refractivity contribution in [2.24, 2.45) is 11.3 Å². The molecule has 1 heterocycles. The lowest BCUT2D eigenvalue weighted by Gasteiger charge is -2.31. The monoisotopic (exact) mass is 210 g/mol. The molecule has 15 heavy (non-hydrogen) atoms. The van der Waals surface area contributed by atoms with Gasteiger partial charge in [0.1, 0.15) is 0 Å². The van der Waals surface area contributed by atoms with Gasteiger partial charge < -0.3 is 10.2 Å². The predicted molar refractivity (Wildman–Crippen MR) is 60.7 cm³/mol. The lowest BCUT2D eigenvalue weighted by atomic mass is 10.0. The first kappa shape index (κ1) is 10.8. The molecule has 2 unspecified atom stereocenters. The van der Waals surface area contributed by atoms with Gasteiger partial charge in [0.2, 0.25) is 0 Å². The van der Waals surface area contributed by atoms with Crippen molar-refractivity contribution in [2.45, 2.75) is 46.1 Å². The molecule has 0 aromatic carbocycles. The molecule has 3 heteroatoms. The van der Waals surface area contributed by atoms with Crippen LogP contribution in [0.1, 0.15) is 40.0 Å². The summed E-state index contributed by atoms with van der Waals surface area (Å²) in [5, 5.41) is 3.12. The Morgan fingerprint density at radius 3 is 2.67 bits per heavy atom. The van der Waals surface area contributed by atoms with E-state index in [1.807, 2.05) is 4.90 Å². The molecule has 2 atom stereocenters. The molecule has 0 aromatic rings. The highest BCUT2D eigenvalue weighted by Gasteiger charge is 2.47. The van der Waals surface area contributed by atoms with E-state index in [0.29, 0.717) is 17.4 Å². The van der Waals surface area contributed by atoms with Crippen molar-refractivity contribution in [3.63, 3.8) is 0 Å². The fourth-order valence-electron chi connectivity index (χ4n) is 2.33. The molecule has 2 amide bonds. The van der Waals surface area contributed by atoms with E-state index in [4.69, 9.17) is 0 Å². The molecule has 2 rings (SSSR count). The molecule has 0 radical (unpaired) electrons. The second kappa shape index (κ2) is 3.69. The van der Waals surface area contributed by atoms with Crippen molar-refractivity contribution in [2.75, 3.05) is 13.1 Å². The molecule has 3 nitrogen and oxygen atoms in total. The smallest absolute Gasteiger partial charge is 0.317 e. The summed E-state index contributed by atoms with van der Waals surface area (Å²) >= 11 is 0. The van der Waals surface area contributed by atoms with Crippen LogP contribution in [0.25, 0.3) is 0 Å². The maximum absolute atomic E-state index is 11.9. The van der Waals surface area contributed by atoms with Gasteiger partial charge in [-0.3, -0.25) is 0 Å². The molecule has 1 aliphatic carbocycles. The maximum Gasteiger partial charge on any atom is 0.317 e. The van der Waals surface area contributed by atoms with Crippen LogP contribution in [0.3, 0.4) is 0 Å². The fraction of sp³-hybridized carbons (Fsp3) is 0.917. The third kappa shape index (κ3) is 2.44. The van der Waals surface area contributed by atoms with Crippen molar-refractivity contribution >= 4 is 6.03 Å². The molecular weight excluding hydrogens is 188 g/mol. The van der Waals surface area contributed by atoms with Gasteiger partial charge in [-0.05, 0) is 30.6 Å². The van der Waals surface area contributed by atoms with Gasteiger partial charge >= 0.3 is 6.03 Å². The Morgan fingerprint density at radius 2 is 2.13 bits per heavy atom. The summed E-state index contributed by atoms with van der Waals surface area (Å²) in [5.41, 5.74) is 0.330. The third-order valence-corrected chi connectivity index (χ3v) is 3.76. The van der Waals surface area contributed by atoms with Crippen LogP contribution in [0.2, 0.25) is 0 Å². The molecular formula is C12H22N2O. The van der Waals surface area contributed by atoms with E-state index in [2.05, 4.69) is 26.1 Å². The number of hydrogen-bond donors (Lipinski definition) is 1. The van der Waals surface area contributed by atoms with Crippen LogP contribution in [0.5, 0.6) is 0 Å². The number of nitrogens with zero attached hydrogens (tertiary/aromatic N) is 1. The molecule has 1 aliphatic heterocycles. The number of hydrogen-bond acceptors (Lipinski definition) is 1. The number of urea groups is 1. The highest BCUT2D eigenvalue weighted by atomic mass is 16.2. The summed E-state index contributed by atoms with van der Waals surface area (Å²) < 4.78 is 0. The summed E-state index contributed by atoms with van der Waals surface area (Å²) in [6, 6.07) is 0.555. The maximum atomic E-state index is 11.9. The molecule has 0 spiro atoms. The number of piperidine rings is 1.